The Bertz CT molecular complexity index is 1560. The predicted octanol–water partition coefficient (Wildman–Crippen LogP) is 5.76. The van der Waals surface area contributed by atoms with Gasteiger partial charge in [0.25, 0.3) is 0 Å². The molecule has 1 aliphatic carbocycles. The summed E-state index contributed by atoms with van der Waals surface area (Å²) in [4.78, 5) is 35.1. The van der Waals surface area contributed by atoms with Crippen molar-refractivity contribution in [2.24, 2.45) is 16.7 Å². The van der Waals surface area contributed by atoms with E-state index in [4.69, 9.17) is 4.74 Å². The molecule has 13 heteroatoms. The molecule has 1 saturated carbocycles. The first-order valence-electron chi connectivity index (χ1n) is 14.4. The molecule has 1 unspecified atom stereocenters. The molecule has 1 N–H and O–H groups in total. The number of carbonyl (C=O) groups excluding carboxylic acids is 2. The number of thiazole rings is 1. The van der Waals surface area contributed by atoms with Crippen LogP contribution in [0.1, 0.15) is 37.2 Å². The van der Waals surface area contributed by atoms with Crippen molar-refractivity contribution in [1.29, 1.82) is 0 Å². The van der Waals surface area contributed by atoms with E-state index in [-0.39, 0.29) is 38.4 Å². The summed E-state index contributed by atoms with van der Waals surface area (Å²) >= 11 is 2.57. The van der Waals surface area contributed by atoms with Gasteiger partial charge in [-0.1, -0.05) is 12.1 Å². The highest BCUT2D eigenvalue weighted by Gasteiger charge is 2.71. The smallest absolute Gasteiger partial charge is 0.381 e. The molecule has 2 amide bonds. The van der Waals surface area contributed by atoms with E-state index >= 15 is 0 Å². The van der Waals surface area contributed by atoms with E-state index in [1.54, 1.807) is 5.51 Å². The number of likely N-dealkylation sites (tertiary alicyclic amines) is 1. The first-order chi connectivity index (χ1) is 20.6. The molecular weight excluding hydrogens is 604 g/mol. The summed E-state index contributed by atoms with van der Waals surface area (Å²) in [6.45, 7) is 2.10. The maximum Gasteiger partial charge on any atom is 0.403 e. The van der Waals surface area contributed by atoms with Gasteiger partial charge in [-0.25, -0.2) is 9.37 Å². The van der Waals surface area contributed by atoms with Gasteiger partial charge in [0.2, 0.25) is 11.8 Å². The number of amides is 2. The molecule has 4 heterocycles. The number of aromatic nitrogens is 1. The Kier molecular flexibility index (Phi) is 7.13. The number of halogens is 4. The van der Waals surface area contributed by atoms with Gasteiger partial charge in [-0.3, -0.25) is 14.3 Å². The second kappa shape index (κ2) is 10.6. The maximum absolute atomic E-state index is 14.6. The number of ether oxygens (including phenoxy) is 1. The summed E-state index contributed by atoms with van der Waals surface area (Å²) in [5.74, 6) is -1.84. The highest BCUT2D eigenvalue weighted by atomic mass is 32.2. The van der Waals surface area contributed by atoms with Crippen molar-refractivity contribution < 1.29 is 31.9 Å². The van der Waals surface area contributed by atoms with Crippen LogP contribution in [-0.2, 0) is 14.3 Å². The van der Waals surface area contributed by atoms with Gasteiger partial charge in [0.1, 0.15) is 11.2 Å². The lowest BCUT2D eigenvalue weighted by Gasteiger charge is -2.51. The van der Waals surface area contributed by atoms with Crippen LogP contribution in [-0.4, -0.2) is 67.3 Å². The van der Waals surface area contributed by atoms with E-state index in [2.05, 4.69) is 21.8 Å². The monoisotopic (exact) mass is 634 g/mol. The first-order valence-corrected chi connectivity index (χ1v) is 16.1. The van der Waals surface area contributed by atoms with E-state index in [1.165, 1.54) is 45.9 Å². The third-order valence-corrected chi connectivity index (χ3v) is 11.2. The number of carbonyl (C=O) groups is 2. The molecule has 4 fully saturated rings. The lowest BCUT2D eigenvalue weighted by molar-refractivity contribution is -0.205. The van der Waals surface area contributed by atoms with Crippen LogP contribution in [0, 0.1) is 22.6 Å². The summed E-state index contributed by atoms with van der Waals surface area (Å²) < 4.78 is 64.9. The Morgan fingerprint density at radius 3 is 2.58 bits per heavy atom. The summed E-state index contributed by atoms with van der Waals surface area (Å²) in [5, 5.41) is 0. The molecule has 2 aromatic carbocycles. The number of hydrogen-bond acceptors (Lipinski definition) is 7. The molecule has 1 aromatic heterocycles. The number of nitrogens with one attached hydrogen (secondary N) is 1. The second-order valence-corrected chi connectivity index (χ2v) is 13.9. The SMILES string of the molecule is O=C(NSc1cccc(C2CCOCC2)c1)C1CN(c2cc(F)cc3ncsc23)CC12CN(C(=O)C1(C(F)(F)F)CC1)C2. The number of benzene rings is 2. The van der Waals surface area contributed by atoms with Crippen molar-refractivity contribution in [3.05, 3.63) is 53.3 Å². The zero-order valence-electron chi connectivity index (χ0n) is 23.2. The van der Waals surface area contributed by atoms with Crippen molar-refractivity contribution in [2.75, 3.05) is 44.3 Å². The number of alkyl halides is 3. The Morgan fingerprint density at radius 2 is 1.86 bits per heavy atom. The highest BCUT2D eigenvalue weighted by molar-refractivity contribution is 7.98. The second-order valence-electron chi connectivity index (χ2n) is 12.2. The minimum Gasteiger partial charge on any atom is -0.381 e. The molecule has 1 spiro atoms. The van der Waals surface area contributed by atoms with E-state index < -0.39 is 34.6 Å². The van der Waals surface area contributed by atoms with Crippen molar-refractivity contribution in [1.82, 2.24) is 14.6 Å². The number of hydrogen-bond donors (Lipinski definition) is 1. The minimum atomic E-state index is -4.60. The molecule has 0 bridgehead atoms. The van der Waals surface area contributed by atoms with Crippen molar-refractivity contribution in [3.63, 3.8) is 0 Å². The number of rotatable bonds is 6. The zero-order chi connectivity index (χ0) is 30.0. The number of nitrogens with zero attached hydrogens (tertiary/aromatic N) is 3. The molecule has 7 rings (SSSR count). The van der Waals surface area contributed by atoms with Crippen LogP contribution >= 0.6 is 23.3 Å². The number of anilines is 1. The normalized spacial score (nSPS) is 23.0. The van der Waals surface area contributed by atoms with E-state index in [1.807, 2.05) is 17.0 Å². The van der Waals surface area contributed by atoms with Crippen LogP contribution in [0.4, 0.5) is 23.2 Å². The third kappa shape index (κ3) is 5.06. The maximum atomic E-state index is 14.6. The van der Waals surface area contributed by atoms with Gasteiger partial charge in [0, 0.05) is 55.8 Å². The minimum absolute atomic E-state index is 0.0449. The molecule has 0 radical (unpaired) electrons. The average Bonchev–Trinajstić information content (AvgIpc) is 3.52. The summed E-state index contributed by atoms with van der Waals surface area (Å²) in [7, 11) is 0. The fourth-order valence-corrected chi connectivity index (χ4v) is 8.45. The van der Waals surface area contributed by atoms with Crippen LogP contribution in [0.15, 0.2) is 46.8 Å². The van der Waals surface area contributed by atoms with Crippen LogP contribution in [0.2, 0.25) is 0 Å². The molecule has 228 valence electrons. The zero-order valence-corrected chi connectivity index (χ0v) is 24.8. The topological polar surface area (TPSA) is 74.8 Å². The van der Waals surface area contributed by atoms with E-state index in [0.29, 0.717) is 23.7 Å². The van der Waals surface area contributed by atoms with Gasteiger partial charge in [-0.2, -0.15) is 13.2 Å². The van der Waals surface area contributed by atoms with Gasteiger partial charge in [0.15, 0.2) is 0 Å². The largest absolute Gasteiger partial charge is 0.403 e. The van der Waals surface area contributed by atoms with Crippen LogP contribution in [0.5, 0.6) is 0 Å². The molecular formula is C30H30F4N4O3S2. The standard InChI is InChI=1S/C30H30F4N4O3S2/c31-20-11-23-25(42-17-35-23)24(12-20)37-13-22(28(14-37)15-38(16-28)27(40)29(6-7-29)30(32,33)34)26(39)36-43-21-3-1-2-19(10-21)18-4-8-41-9-5-18/h1-3,10-12,17-18,22H,4-9,13-16H2,(H,36,39). The molecule has 1 atom stereocenters. The highest BCUT2D eigenvalue weighted by Crippen LogP contribution is 2.60. The molecule has 3 aromatic rings. The van der Waals surface area contributed by atoms with Crippen LogP contribution < -0.4 is 9.62 Å². The summed E-state index contributed by atoms with van der Waals surface area (Å²) in [5.41, 5.74) is 0.876. The Hall–Kier alpha value is -2.90. The molecule has 43 heavy (non-hydrogen) atoms. The van der Waals surface area contributed by atoms with Crippen molar-refractivity contribution in [3.8, 4) is 0 Å². The van der Waals surface area contributed by atoms with Crippen molar-refractivity contribution >= 4 is 51.0 Å². The number of fused-ring (bicyclic) bond motifs is 1. The Balaban J connectivity index is 1.11. The molecule has 3 saturated heterocycles. The van der Waals surface area contributed by atoms with Gasteiger partial charge in [-0.05, 0) is 67.3 Å². The molecule has 7 nitrogen and oxygen atoms in total. The lowest BCUT2D eigenvalue weighted by Crippen LogP contribution is -2.65. The first kappa shape index (κ1) is 28.8. The van der Waals surface area contributed by atoms with Gasteiger partial charge < -0.3 is 14.5 Å². The van der Waals surface area contributed by atoms with E-state index in [0.717, 1.165) is 35.7 Å². The molecule has 3 aliphatic heterocycles. The van der Waals surface area contributed by atoms with Gasteiger partial charge in [0.05, 0.1) is 27.3 Å². The summed E-state index contributed by atoms with van der Waals surface area (Å²) in [6, 6.07) is 10.8. The lowest BCUT2D eigenvalue weighted by atomic mass is 9.70. The predicted molar refractivity (Wildman–Crippen MR) is 155 cm³/mol. The van der Waals surface area contributed by atoms with Crippen LogP contribution in [0.25, 0.3) is 10.2 Å². The quantitative estimate of drug-likeness (QED) is 0.275. The fourth-order valence-electron chi connectivity index (χ4n) is 6.93. The van der Waals surface area contributed by atoms with Gasteiger partial charge >= 0.3 is 6.18 Å². The fraction of sp³-hybridized carbons (Fsp3) is 0.500. The van der Waals surface area contributed by atoms with Crippen LogP contribution in [0.3, 0.4) is 0 Å². The van der Waals surface area contributed by atoms with Gasteiger partial charge in [-0.15, -0.1) is 11.3 Å². The van der Waals surface area contributed by atoms with E-state index in [9.17, 15) is 27.2 Å². The van der Waals surface area contributed by atoms with Crippen molar-refractivity contribution in [2.45, 2.75) is 42.7 Å². The molecule has 4 aliphatic rings. The Labute approximate surface area is 254 Å². The third-order valence-electron chi connectivity index (χ3n) is 9.50. The average molecular weight is 635 g/mol. The summed E-state index contributed by atoms with van der Waals surface area (Å²) in [6.07, 6.45) is -3.12. The Morgan fingerprint density at radius 1 is 1.09 bits per heavy atom.